The number of ether oxygens (including phenoxy) is 1. The molecular weight excluding hydrogens is 679 g/mol. The number of fused-ring (bicyclic) bond motifs is 10. The van der Waals surface area contributed by atoms with Gasteiger partial charge < -0.3 is 9.64 Å². The number of hydrogen-bond donors (Lipinski definition) is 0. The highest BCUT2D eigenvalue weighted by Gasteiger charge is 2.26. The molecule has 0 unspecified atom stereocenters. The lowest BCUT2D eigenvalue weighted by molar-refractivity contribution is 0.488. The van der Waals surface area contributed by atoms with E-state index in [0.717, 1.165) is 50.6 Å². The predicted molar refractivity (Wildman–Crippen MR) is 235 cm³/mol. The molecule has 0 aliphatic carbocycles. The van der Waals surface area contributed by atoms with Crippen molar-refractivity contribution in [3.8, 4) is 56.0 Å². The van der Waals surface area contributed by atoms with Crippen LogP contribution in [-0.4, -0.2) is 0 Å². The van der Waals surface area contributed by atoms with E-state index in [0.29, 0.717) is 0 Å². The molecule has 0 fully saturated rings. The van der Waals surface area contributed by atoms with Gasteiger partial charge in [-0.1, -0.05) is 164 Å². The Bertz CT molecular complexity index is 3090. The Labute approximate surface area is 326 Å². The lowest BCUT2D eigenvalue weighted by atomic mass is 9.88. The molecule has 262 valence electrons. The second-order valence-electron chi connectivity index (χ2n) is 14.4. The first-order valence-electron chi connectivity index (χ1n) is 19.2. The first kappa shape index (κ1) is 32.0. The largest absolute Gasteiger partial charge is 0.456 e. The number of para-hydroxylation sites is 2. The van der Waals surface area contributed by atoms with Crippen molar-refractivity contribution in [1.29, 1.82) is 0 Å². The zero-order chi connectivity index (χ0) is 37.0. The van der Waals surface area contributed by atoms with Gasteiger partial charge in [0.05, 0.1) is 5.69 Å². The van der Waals surface area contributed by atoms with E-state index in [1.807, 2.05) is 6.07 Å². The third-order valence-electron chi connectivity index (χ3n) is 11.3. The maximum absolute atomic E-state index is 6.66. The van der Waals surface area contributed by atoms with Gasteiger partial charge in [0.25, 0.3) is 0 Å². The van der Waals surface area contributed by atoms with E-state index in [2.05, 4.69) is 211 Å². The minimum absolute atomic E-state index is 0.852. The third kappa shape index (κ3) is 5.26. The Morgan fingerprint density at radius 1 is 0.304 bits per heavy atom. The van der Waals surface area contributed by atoms with Crippen LogP contribution in [-0.2, 0) is 0 Å². The van der Waals surface area contributed by atoms with Crippen LogP contribution in [0.5, 0.6) is 11.5 Å². The quantitative estimate of drug-likeness (QED) is 0.165. The fraction of sp³-hybridized carbons (Fsp3) is 0. The van der Waals surface area contributed by atoms with Crippen molar-refractivity contribution in [2.24, 2.45) is 0 Å². The molecule has 1 aliphatic heterocycles. The van der Waals surface area contributed by atoms with E-state index in [-0.39, 0.29) is 0 Å². The Balaban J connectivity index is 1.14. The first-order chi connectivity index (χ1) is 27.8. The Kier molecular flexibility index (Phi) is 7.53. The minimum Gasteiger partial charge on any atom is -0.456 e. The van der Waals surface area contributed by atoms with Crippen LogP contribution in [0.1, 0.15) is 0 Å². The summed E-state index contributed by atoms with van der Waals surface area (Å²) < 4.78 is 6.66. The number of anilines is 3. The number of hydrogen-bond acceptors (Lipinski definition) is 2. The van der Waals surface area contributed by atoms with Crippen molar-refractivity contribution in [2.75, 3.05) is 4.90 Å². The van der Waals surface area contributed by atoms with Crippen molar-refractivity contribution in [2.45, 2.75) is 0 Å². The highest BCUT2D eigenvalue weighted by molar-refractivity contribution is 6.15. The van der Waals surface area contributed by atoms with E-state index in [1.165, 1.54) is 54.7 Å². The third-order valence-corrected chi connectivity index (χ3v) is 11.3. The van der Waals surface area contributed by atoms with Crippen LogP contribution in [0.15, 0.2) is 212 Å². The number of benzene rings is 10. The standard InChI is InChI=1S/C54H35NO/c1-2-14-36(15-3-1)37-26-30-40(31-27-37)55(41-32-28-38(29-33-41)49-34-39-16-4-5-17-42(39)43-18-6-7-19-44(43)49)51-35-50-46-21-10-12-24-52(46)56-53-25-13-11-23-48(53)54(50)47-22-9-8-20-45(47)51/h1-35H. The van der Waals surface area contributed by atoms with Gasteiger partial charge in [0.2, 0.25) is 0 Å². The predicted octanol–water partition coefficient (Wildman–Crippen LogP) is 15.4. The zero-order valence-corrected chi connectivity index (χ0v) is 30.6. The van der Waals surface area contributed by atoms with Gasteiger partial charge in [-0.2, -0.15) is 0 Å². The molecule has 56 heavy (non-hydrogen) atoms. The molecular formula is C54H35NO. The van der Waals surface area contributed by atoms with Crippen LogP contribution >= 0.6 is 0 Å². The van der Waals surface area contributed by atoms with Crippen molar-refractivity contribution in [1.82, 2.24) is 0 Å². The van der Waals surface area contributed by atoms with Crippen LogP contribution in [0.4, 0.5) is 17.1 Å². The number of nitrogens with zero attached hydrogens (tertiary/aromatic N) is 1. The van der Waals surface area contributed by atoms with Crippen LogP contribution < -0.4 is 9.64 Å². The highest BCUT2D eigenvalue weighted by Crippen LogP contribution is 2.53. The van der Waals surface area contributed by atoms with Gasteiger partial charge in [0, 0.05) is 33.5 Å². The van der Waals surface area contributed by atoms with Gasteiger partial charge in [-0.05, 0) is 103 Å². The maximum Gasteiger partial charge on any atom is 0.135 e. The molecule has 0 aromatic heterocycles. The van der Waals surface area contributed by atoms with Gasteiger partial charge in [-0.3, -0.25) is 0 Å². The summed E-state index contributed by atoms with van der Waals surface area (Å²) >= 11 is 0. The summed E-state index contributed by atoms with van der Waals surface area (Å²) in [5.74, 6) is 1.72. The summed E-state index contributed by atoms with van der Waals surface area (Å²) in [5.41, 5.74) is 12.5. The molecule has 0 spiro atoms. The molecule has 2 heteroatoms. The summed E-state index contributed by atoms with van der Waals surface area (Å²) in [6, 6.07) is 76.4. The summed E-state index contributed by atoms with van der Waals surface area (Å²) in [6.07, 6.45) is 0. The molecule has 0 atom stereocenters. The topological polar surface area (TPSA) is 12.5 Å². The first-order valence-corrected chi connectivity index (χ1v) is 19.2. The average molecular weight is 714 g/mol. The van der Waals surface area contributed by atoms with E-state index in [1.54, 1.807) is 0 Å². The van der Waals surface area contributed by atoms with Crippen LogP contribution in [0.2, 0.25) is 0 Å². The van der Waals surface area contributed by atoms with E-state index < -0.39 is 0 Å². The normalized spacial score (nSPS) is 11.7. The summed E-state index contributed by atoms with van der Waals surface area (Å²) in [5, 5.41) is 7.39. The molecule has 1 aliphatic rings. The lowest BCUT2D eigenvalue weighted by Gasteiger charge is -2.29. The molecule has 0 saturated heterocycles. The van der Waals surface area contributed by atoms with Gasteiger partial charge in [-0.15, -0.1) is 0 Å². The van der Waals surface area contributed by atoms with Crippen molar-refractivity contribution >= 4 is 49.4 Å². The fourth-order valence-corrected chi connectivity index (χ4v) is 8.65. The van der Waals surface area contributed by atoms with E-state index >= 15 is 0 Å². The lowest BCUT2D eigenvalue weighted by Crippen LogP contribution is -2.11. The Morgan fingerprint density at radius 2 is 0.821 bits per heavy atom. The van der Waals surface area contributed by atoms with Crippen molar-refractivity contribution in [3.05, 3.63) is 212 Å². The molecule has 0 radical (unpaired) electrons. The van der Waals surface area contributed by atoms with Gasteiger partial charge >= 0.3 is 0 Å². The second-order valence-corrected chi connectivity index (χ2v) is 14.4. The van der Waals surface area contributed by atoms with Crippen LogP contribution in [0.3, 0.4) is 0 Å². The number of rotatable bonds is 5. The summed E-state index contributed by atoms with van der Waals surface area (Å²) in [7, 11) is 0. The molecule has 11 rings (SSSR count). The van der Waals surface area contributed by atoms with Gasteiger partial charge in [0.15, 0.2) is 0 Å². The highest BCUT2D eigenvalue weighted by atomic mass is 16.5. The SMILES string of the molecule is c1ccc(-c2ccc(N(c3ccc(-c4cc5ccccc5c5ccccc45)cc3)c3cc4c(c5ccccc35)-c3ccccc3Oc3ccccc3-4)cc2)cc1. The molecule has 10 aromatic carbocycles. The van der Waals surface area contributed by atoms with E-state index in [9.17, 15) is 0 Å². The Morgan fingerprint density at radius 3 is 1.55 bits per heavy atom. The Hall–Kier alpha value is -7.42. The maximum atomic E-state index is 6.66. The molecule has 0 saturated carbocycles. The molecule has 10 aromatic rings. The second kappa shape index (κ2) is 13.2. The molecule has 0 amide bonds. The summed E-state index contributed by atoms with van der Waals surface area (Å²) in [6.45, 7) is 0. The molecule has 1 heterocycles. The van der Waals surface area contributed by atoms with Crippen molar-refractivity contribution < 1.29 is 4.74 Å². The van der Waals surface area contributed by atoms with Gasteiger partial charge in [0.1, 0.15) is 11.5 Å². The molecule has 0 bridgehead atoms. The molecule has 2 nitrogen and oxygen atoms in total. The minimum atomic E-state index is 0.852. The smallest absolute Gasteiger partial charge is 0.135 e. The van der Waals surface area contributed by atoms with E-state index in [4.69, 9.17) is 4.74 Å². The van der Waals surface area contributed by atoms with Crippen LogP contribution in [0, 0.1) is 0 Å². The van der Waals surface area contributed by atoms with Crippen LogP contribution in [0.25, 0.3) is 76.8 Å². The molecule has 0 N–H and O–H groups in total. The summed E-state index contributed by atoms with van der Waals surface area (Å²) in [4.78, 5) is 2.42. The van der Waals surface area contributed by atoms with Gasteiger partial charge in [-0.25, -0.2) is 0 Å². The monoisotopic (exact) mass is 713 g/mol. The van der Waals surface area contributed by atoms with Crippen molar-refractivity contribution in [3.63, 3.8) is 0 Å². The zero-order valence-electron chi connectivity index (χ0n) is 30.6. The average Bonchev–Trinajstić information content (AvgIpc) is 3.41. The fourth-order valence-electron chi connectivity index (χ4n) is 8.65.